The summed E-state index contributed by atoms with van der Waals surface area (Å²) in [6.07, 6.45) is -2.15. The number of hydrogen-bond donors (Lipinski definition) is 0. The van der Waals surface area contributed by atoms with Crippen LogP contribution in [0.1, 0.15) is 76.8 Å². The van der Waals surface area contributed by atoms with Gasteiger partial charge in [-0.25, -0.2) is 0 Å². The van der Waals surface area contributed by atoms with Crippen LogP contribution in [0.2, 0.25) is 0 Å². The number of carbonyl (C=O) groups is 2. The fraction of sp³-hybridized carbons (Fsp3) is 0.471. The Morgan fingerprint density at radius 3 is 1.94 bits per heavy atom. The highest BCUT2D eigenvalue weighted by atomic mass is 79.9. The summed E-state index contributed by atoms with van der Waals surface area (Å²) in [6, 6.07) is 5.47. The standard InChI is InChI=1S/C34H35Br2F3N2O6/c1-32(2)14-23-29(25(42)16-32)28(30-24(40(23)9-6-10-46-5)15-33(3,4)17-26(30)43)18-11-20(35)31(21(36)12-18)47-27-8-7-19(34(37,38)39)13-22(27)41(44)45/h7-8,11-13,28H,6,9-10,14-17H2,1-5H3. The molecule has 0 N–H and O–H groups in total. The molecule has 0 spiro atoms. The van der Waals surface area contributed by atoms with E-state index < -0.39 is 28.3 Å². The van der Waals surface area contributed by atoms with Crippen LogP contribution in [-0.2, 0) is 20.5 Å². The molecule has 0 atom stereocenters. The highest BCUT2D eigenvalue weighted by Crippen LogP contribution is 2.55. The Bertz CT molecular complexity index is 1650. The average molecular weight is 784 g/mol. The molecular formula is C34H35Br2F3N2O6. The highest BCUT2D eigenvalue weighted by Gasteiger charge is 2.49. The number of ketones is 2. The molecule has 47 heavy (non-hydrogen) atoms. The van der Waals surface area contributed by atoms with Crippen molar-refractivity contribution in [2.24, 2.45) is 10.8 Å². The first-order chi connectivity index (χ1) is 21.8. The number of benzene rings is 2. The fourth-order valence-corrected chi connectivity index (χ4v) is 8.28. The van der Waals surface area contributed by atoms with Crippen LogP contribution in [0.25, 0.3) is 0 Å². The summed E-state index contributed by atoms with van der Waals surface area (Å²) >= 11 is 6.99. The van der Waals surface area contributed by atoms with E-state index in [0.29, 0.717) is 83.0 Å². The summed E-state index contributed by atoms with van der Waals surface area (Å²) in [6.45, 7) is 9.38. The lowest BCUT2D eigenvalue weighted by atomic mass is 9.63. The molecule has 0 fully saturated rings. The zero-order valence-corrected chi connectivity index (χ0v) is 29.8. The molecular weight excluding hydrogens is 749 g/mol. The van der Waals surface area contributed by atoms with Gasteiger partial charge in [-0.3, -0.25) is 19.7 Å². The van der Waals surface area contributed by atoms with Gasteiger partial charge in [-0.1, -0.05) is 27.7 Å². The third-order valence-corrected chi connectivity index (χ3v) is 9.98. The van der Waals surface area contributed by atoms with Crippen LogP contribution in [0.3, 0.4) is 0 Å². The van der Waals surface area contributed by atoms with Crippen molar-refractivity contribution in [1.82, 2.24) is 4.90 Å². The maximum absolute atomic E-state index is 14.1. The maximum atomic E-state index is 14.1. The quantitative estimate of drug-likeness (QED) is 0.149. The number of methoxy groups -OCH3 is 1. The second-order valence-electron chi connectivity index (χ2n) is 13.9. The largest absolute Gasteiger partial charge is 0.448 e. The molecule has 0 radical (unpaired) electrons. The lowest BCUT2D eigenvalue weighted by molar-refractivity contribution is -0.385. The number of halogens is 5. The fourth-order valence-electron chi connectivity index (χ4n) is 6.89. The molecule has 13 heteroatoms. The van der Waals surface area contributed by atoms with Crippen LogP contribution in [0.5, 0.6) is 11.5 Å². The van der Waals surface area contributed by atoms with Crippen molar-refractivity contribution in [3.8, 4) is 11.5 Å². The van der Waals surface area contributed by atoms with Crippen molar-refractivity contribution >= 4 is 49.1 Å². The van der Waals surface area contributed by atoms with Crippen LogP contribution in [0.15, 0.2) is 61.8 Å². The van der Waals surface area contributed by atoms with Crippen molar-refractivity contribution in [1.29, 1.82) is 0 Å². The van der Waals surface area contributed by atoms with Gasteiger partial charge in [0.25, 0.3) is 0 Å². The van der Waals surface area contributed by atoms with E-state index in [1.54, 1.807) is 19.2 Å². The third-order valence-electron chi connectivity index (χ3n) is 8.80. The smallest absolute Gasteiger partial charge is 0.416 e. The summed E-state index contributed by atoms with van der Waals surface area (Å²) in [5, 5.41) is 11.7. The normalized spacial score (nSPS) is 19.6. The van der Waals surface area contributed by atoms with E-state index in [4.69, 9.17) is 9.47 Å². The second-order valence-corrected chi connectivity index (χ2v) is 15.6. The monoisotopic (exact) mass is 782 g/mol. The summed E-state index contributed by atoms with van der Waals surface area (Å²) in [5.41, 5.74) is 1.01. The highest BCUT2D eigenvalue weighted by molar-refractivity contribution is 9.11. The van der Waals surface area contributed by atoms with Gasteiger partial charge in [-0.2, -0.15) is 13.2 Å². The van der Waals surface area contributed by atoms with Gasteiger partial charge in [0.15, 0.2) is 17.3 Å². The number of nitro groups is 1. The van der Waals surface area contributed by atoms with E-state index in [9.17, 15) is 32.9 Å². The molecule has 0 amide bonds. The lowest BCUT2D eigenvalue weighted by Crippen LogP contribution is -2.44. The Morgan fingerprint density at radius 2 is 1.47 bits per heavy atom. The maximum Gasteiger partial charge on any atom is 0.416 e. The molecule has 3 aliphatic rings. The molecule has 252 valence electrons. The Kier molecular flexibility index (Phi) is 9.59. The predicted molar refractivity (Wildman–Crippen MR) is 176 cm³/mol. The predicted octanol–water partition coefficient (Wildman–Crippen LogP) is 9.65. The van der Waals surface area contributed by atoms with Gasteiger partial charge >= 0.3 is 11.9 Å². The third kappa shape index (κ3) is 7.07. The van der Waals surface area contributed by atoms with E-state index in [-0.39, 0.29) is 33.9 Å². The van der Waals surface area contributed by atoms with Crippen molar-refractivity contribution in [2.75, 3.05) is 20.3 Å². The van der Waals surface area contributed by atoms with Crippen molar-refractivity contribution in [3.63, 3.8) is 0 Å². The minimum absolute atomic E-state index is 0.0323. The number of carbonyl (C=O) groups excluding carboxylic acids is 2. The SMILES string of the molecule is COCCCN1C2=C(C(=O)CC(C)(C)C2)C(c2cc(Br)c(Oc3ccc(C(F)(F)F)cc3[N+](=O)[O-])c(Br)c2)C2=C1CC(C)(C)CC2=O. The summed E-state index contributed by atoms with van der Waals surface area (Å²) < 4.78 is 51.7. The minimum Gasteiger partial charge on any atom is -0.448 e. The number of nitrogens with zero attached hydrogens (tertiary/aromatic N) is 2. The number of ether oxygens (including phenoxy) is 2. The van der Waals surface area contributed by atoms with Crippen LogP contribution in [-0.4, -0.2) is 41.7 Å². The molecule has 2 aromatic rings. The zero-order chi connectivity index (χ0) is 34.6. The molecule has 2 aromatic carbocycles. The Morgan fingerprint density at radius 1 is 0.936 bits per heavy atom. The van der Waals surface area contributed by atoms with Crippen LogP contribution in [0.4, 0.5) is 18.9 Å². The van der Waals surface area contributed by atoms with Gasteiger partial charge in [0, 0.05) is 67.6 Å². The van der Waals surface area contributed by atoms with Crippen molar-refractivity contribution < 1.29 is 37.2 Å². The first-order valence-electron chi connectivity index (χ1n) is 15.1. The topological polar surface area (TPSA) is 99.0 Å². The van der Waals surface area contributed by atoms with Gasteiger partial charge in [0.1, 0.15) is 0 Å². The number of allylic oxidation sites excluding steroid dienone is 4. The molecule has 5 rings (SSSR count). The number of nitro benzene ring substituents is 1. The van der Waals surface area contributed by atoms with E-state index in [0.717, 1.165) is 17.5 Å². The van der Waals surface area contributed by atoms with Crippen LogP contribution in [0, 0.1) is 20.9 Å². The number of Topliss-reactive ketones (excluding diaryl/α,β-unsaturated/α-hetero) is 2. The van der Waals surface area contributed by atoms with E-state index in [2.05, 4.69) is 64.5 Å². The van der Waals surface area contributed by atoms with Crippen molar-refractivity contribution in [2.45, 2.75) is 71.9 Å². The van der Waals surface area contributed by atoms with Gasteiger partial charge in [0.2, 0.25) is 5.75 Å². The molecule has 1 aliphatic heterocycles. The van der Waals surface area contributed by atoms with Gasteiger partial charge in [-0.05, 0) is 91.8 Å². The Balaban J connectivity index is 1.65. The Hall–Kier alpha value is -3.03. The van der Waals surface area contributed by atoms with Gasteiger partial charge < -0.3 is 14.4 Å². The Labute approximate surface area is 287 Å². The van der Waals surface area contributed by atoms with E-state index in [1.807, 2.05) is 0 Å². The summed E-state index contributed by atoms with van der Waals surface area (Å²) in [5.74, 6) is -1.02. The lowest BCUT2D eigenvalue weighted by Gasteiger charge is -2.49. The minimum atomic E-state index is -4.77. The summed E-state index contributed by atoms with van der Waals surface area (Å²) in [7, 11) is 1.64. The van der Waals surface area contributed by atoms with Gasteiger partial charge in [-0.15, -0.1) is 0 Å². The van der Waals surface area contributed by atoms with E-state index >= 15 is 0 Å². The molecule has 0 unspecified atom stereocenters. The molecule has 8 nitrogen and oxygen atoms in total. The van der Waals surface area contributed by atoms with Crippen molar-refractivity contribution in [3.05, 3.63) is 83.1 Å². The summed E-state index contributed by atoms with van der Waals surface area (Å²) in [4.78, 5) is 41.1. The first kappa shape index (κ1) is 35.3. The number of alkyl halides is 3. The molecule has 2 aliphatic carbocycles. The first-order valence-corrected chi connectivity index (χ1v) is 16.7. The molecule has 0 saturated carbocycles. The molecule has 0 saturated heterocycles. The average Bonchev–Trinajstić information content (AvgIpc) is 2.93. The number of hydrogen-bond acceptors (Lipinski definition) is 7. The second kappa shape index (κ2) is 12.8. The van der Waals surface area contributed by atoms with E-state index in [1.165, 1.54) is 0 Å². The zero-order valence-electron chi connectivity index (χ0n) is 26.6. The molecule has 0 bridgehead atoms. The number of rotatable bonds is 8. The van der Waals surface area contributed by atoms with Crippen LogP contribution >= 0.6 is 31.9 Å². The van der Waals surface area contributed by atoms with Crippen LogP contribution < -0.4 is 4.74 Å². The molecule has 0 aromatic heterocycles. The molecule has 1 heterocycles. The van der Waals surface area contributed by atoms with Gasteiger partial charge in [0.05, 0.1) is 19.4 Å².